The van der Waals surface area contributed by atoms with Gasteiger partial charge in [-0.2, -0.15) is 0 Å². The van der Waals surface area contributed by atoms with Gasteiger partial charge in [0.1, 0.15) is 5.82 Å². The third-order valence-electron chi connectivity index (χ3n) is 1.05. The van der Waals surface area contributed by atoms with Crippen molar-refractivity contribution in [3.05, 3.63) is 30.1 Å². The van der Waals surface area contributed by atoms with Crippen LogP contribution in [0.2, 0.25) is 0 Å². The molecule has 1 aromatic rings. The molecule has 0 aliphatic carbocycles. The first-order chi connectivity index (χ1) is 5.74. The molecule has 14 heavy (non-hydrogen) atoms. The number of benzene rings is 1. The van der Waals surface area contributed by atoms with Crippen molar-refractivity contribution in [1.82, 2.24) is 0 Å². The molecule has 0 fully saturated rings. The molecule has 1 aromatic carbocycles. The number of hydrogen-bond donors (Lipinski definition) is 0. The van der Waals surface area contributed by atoms with E-state index in [1.165, 1.54) is 18.6 Å². The summed E-state index contributed by atoms with van der Waals surface area (Å²) in [6.07, 6.45) is 3.22. The van der Waals surface area contributed by atoms with Crippen LogP contribution in [0.25, 0.3) is 0 Å². The van der Waals surface area contributed by atoms with Gasteiger partial charge in [-0.15, -0.1) is 11.8 Å². The van der Waals surface area contributed by atoms with E-state index in [2.05, 4.69) is 13.8 Å². The molecule has 2 nitrogen and oxygen atoms in total. The highest BCUT2D eigenvalue weighted by molar-refractivity contribution is 7.98. The minimum Gasteiger partial charge on any atom is -0.412 e. The predicted octanol–water partition coefficient (Wildman–Crippen LogP) is 2.31. The highest BCUT2D eigenvalue weighted by Gasteiger charge is 1.88. The van der Waals surface area contributed by atoms with Gasteiger partial charge in [0.25, 0.3) is 0 Å². The third kappa shape index (κ3) is 9.51. The molecule has 0 heterocycles. The highest BCUT2D eigenvalue weighted by Crippen LogP contribution is 2.13. The maximum Gasteiger partial charge on any atom is 0.123 e. The summed E-state index contributed by atoms with van der Waals surface area (Å²) in [6.45, 7) is 4.25. The fourth-order valence-electron chi connectivity index (χ4n) is 0.571. The molecule has 0 bridgehead atoms. The van der Waals surface area contributed by atoms with Crippen molar-refractivity contribution in [3.63, 3.8) is 0 Å². The molecule has 4 heteroatoms. The summed E-state index contributed by atoms with van der Waals surface area (Å²) in [5, 5.41) is 0. The van der Waals surface area contributed by atoms with E-state index in [1.807, 2.05) is 6.26 Å². The lowest BCUT2D eigenvalue weighted by Gasteiger charge is -1.91. The van der Waals surface area contributed by atoms with Crippen LogP contribution >= 0.6 is 11.8 Å². The largest absolute Gasteiger partial charge is 0.412 e. The van der Waals surface area contributed by atoms with Crippen LogP contribution in [0.3, 0.4) is 0 Å². The van der Waals surface area contributed by atoms with E-state index in [4.69, 9.17) is 0 Å². The van der Waals surface area contributed by atoms with Crippen LogP contribution in [0.4, 0.5) is 4.39 Å². The van der Waals surface area contributed by atoms with E-state index in [0.717, 1.165) is 4.90 Å². The van der Waals surface area contributed by atoms with E-state index in [9.17, 15) is 4.39 Å². The predicted molar refractivity (Wildman–Crippen MR) is 61.4 cm³/mol. The van der Waals surface area contributed by atoms with Gasteiger partial charge in [0, 0.05) is 4.90 Å². The summed E-state index contributed by atoms with van der Waals surface area (Å²) >= 11 is 1.61. The van der Waals surface area contributed by atoms with Gasteiger partial charge in [0.2, 0.25) is 0 Å². The second-order valence-electron chi connectivity index (χ2n) is 2.37. The molecule has 0 aliphatic rings. The van der Waals surface area contributed by atoms with E-state index < -0.39 is 0 Å². The van der Waals surface area contributed by atoms with Gasteiger partial charge in [-0.1, -0.05) is 20.3 Å². The van der Waals surface area contributed by atoms with Gasteiger partial charge >= 0.3 is 0 Å². The average Bonchev–Trinajstić information content (AvgIpc) is 2.07. The van der Waals surface area contributed by atoms with E-state index >= 15 is 0 Å². The first-order valence-corrected chi connectivity index (χ1v) is 5.26. The van der Waals surface area contributed by atoms with Gasteiger partial charge in [-0.3, -0.25) is 0 Å². The minimum atomic E-state index is -0.173. The van der Waals surface area contributed by atoms with Crippen molar-refractivity contribution in [3.8, 4) is 0 Å². The maximum atomic E-state index is 12.2. The SMILES string of the molecule is CCC.CSc1ccc(F)cc1.O.O. The zero-order valence-corrected chi connectivity index (χ0v) is 9.62. The topological polar surface area (TPSA) is 63.0 Å². The van der Waals surface area contributed by atoms with Crippen LogP contribution in [-0.4, -0.2) is 17.2 Å². The molecule has 4 N–H and O–H groups in total. The van der Waals surface area contributed by atoms with Crippen LogP contribution in [0.1, 0.15) is 20.3 Å². The van der Waals surface area contributed by atoms with Crippen molar-refractivity contribution in [2.24, 2.45) is 0 Å². The Hall–Kier alpha value is -0.580. The Labute approximate surface area is 89.1 Å². The van der Waals surface area contributed by atoms with Gasteiger partial charge < -0.3 is 11.0 Å². The quantitative estimate of drug-likeness (QED) is 0.672. The van der Waals surface area contributed by atoms with Crippen LogP contribution in [-0.2, 0) is 0 Å². The molecule has 0 atom stereocenters. The number of rotatable bonds is 1. The molecular weight excluding hydrogens is 203 g/mol. The second kappa shape index (κ2) is 12.4. The van der Waals surface area contributed by atoms with E-state index in [-0.39, 0.29) is 16.8 Å². The number of halogens is 1. The Balaban J connectivity index is -0.000000218. The zero-order chi connectivity index (χ0) is 9.40. The zero-order valence-electron chi connectivity index (χ0n) is 8.80. The summed E-state index contributed by atoms with van der Waals surface area (Å²) in [4.78, 5) is 1.09. The van der Waals surface area contributed by atoms with Gasteiger partial charge in [-0.25, -0.2) is 4.39 Å². The maximum absolute atomic E-state index is 12.2. The summed E-state index contributed by atoms with van der Waals surface area (Å²) in [5.74, 6) is -0.173. The Morgan fingerprint density at radius 2 is 1.43 bits per heavy atom. The summed E-state index contributed by atoms with van der Waals surface area (Å²) in [5.41, 5.74) is 0. The summed E-state index contributed by atoms with van der Waals surface area (Å²) in [6, 6.07) is 6.46. The Bertz CT molecular complexity index is 202. The van der Waals surface area contributed by atoms with Crippen molar-refractivity contribution < 1.29 is 15.3 Å². The van der Waals surface area contributed by atoms with E-state index in [1.54, 1.807) is 23.9 Å². The molecule has 0 aromatic heterocycles. The summed E-state index contributed by atoms with van der Waals surface area (Å²) in [7, 11) is 0. The molecule has 0 saturated carbocycles. The summed E-state index contributed by atoms with van der Waals surface area (Å²) < 4.78 is 12.2. The van der Waals surface area contributed by atoms with Crippen molar-refractivity contribution >= 4 is 11.8 Å². The van der Waals surface area contributed by atoms with Crippen LogP contribution < -0.4 is 0 Å². The Kier molecular flexibility index (Phi) is 16.9. The fraction of sp³-hybridized carbons (Fsp3) is 0.400. The second-order valence-corrected chi connectivity index (χ2v) is 3.24. The fourth-order valence-corrected chi connectivity index (χ4v) is 0.979. The minimum absolute atomic E-state index is 0. The lowest BCUT2D eigenvalue weighted by atomic mass is 10.4. The van der Waals surface area contributed by atoms with Gasteiger partial charge in [0.15, 0.2) is 0 Å². The van der Waals surface area contributed by atoms with Gasteiger partial charge in [-0.05, 0) is 30.5 Å². The lowest BCUT2D eigenvalue weighted by Crippen LogP contribution is -1.71. The normalized spacial score (nSPS) is 7.43. The monoisotopic (exact) mass is 222 g/mol. The van der Waals surface area contributed by atoms with Crippen LogP contribution in [0.15, 0.2) is 29.2 Å². The first-order valence-electron chi connectivity index (χ1n) is 4.04. The Morgan fingerprint density at radius 1 is 1.07 bits per heavy atom. The highest BCUT2D eigenvalue weighted by atomic mass is 32.2. The molecule has 0 aliphatic heterocycles. The molecule has 0 spiro atoms. The van der Waals surface area contributed by atoms with Crippen molar-refractivity contribution in [2.45, 2.75) is 25.2 Å². The number of hydrogen-bond acceptors (Lipinski definition) is 1. The van der Waals surface area contributed by atoms with Gasteiger partial charge in [0.05, 0.1) is 0 Å². The standard InChI is InChI=1S/C7H7FS.C3H8.2H2O/c1-9-7-4-2-6(8)3-5-7;1-3-2;;/h2-5H,1H3;3H2,1-2H3;2*1H2. The molecule has 0 unspecified atom stereocenters. The molecule has 0 amide bonds. The molecular formula is C10H19FO2S. The molecule has 1 rings (SSSR count). The Morgan fingerprint density at radius 3 is 1.71 bits per heavy atom. The average molecular weight is 222 g/mol. The van der Waals surface area contributed by atoms with Crippen molar-refractivity contribution in [1.29, 1.82) is 0 Å². The number of thioether (sulfide) groups is 1. The smallest absolute Gasteiger partial charge is 0.123 e. The lowest BCUT2D eigenvalue weighted by molar-refractivity contribution is 0.626. The molecule has 84 valence electrons. The van der Waals surface area contributed by atoms with E-state index in [0.29, 0.717) is 0 Å². The first kappa shape index (κ1) is 19.1. The van der Waals surface area contributed by atoms with Crippen LogP contribution in [0.5, 0.6) is 0 Å². The molecule has 0 radical (unpaired) electrons. The molecule has 0 saturated heterocycles. The van der Waals surface area contributed by atoms with Crippen molar-refractivity contribution in [2.75, 3.05) is 6.26 Å². The van der Waals surface area contributed by atoms with Crippen LogP contribution in [0, 0.1) is 5.82 Å². The third-order valence-corrected chi connectivity index (χ3v) is 1.79.